The van der Waals surface area contributed by atoms with Crippen LogP contribution < -0.4 is 10.2 Å². The normalized spacial score (nSPS) is 24.7. The van der Waals surface area contributed by atoms with Gasteiger partial charge in [0.25, 0.3) is 0 Å². The number of anilines is 1. The Kier molecular flexibility index (Phi) is 2.80. The Labute approximate surface area is 97.1 Å². The van der Waals surface area contributed by atoms with Crippen molar-refractivity contribution in [3.05, 3.63) is 23.8 Å². The van der Waals surface area contributed by atoms with Gasteiger partial charge in [0.15, 0.2) is 0 Å². The largest absolute Gasteiger partial charge is 0.508 e. The van der Waals surface area contributed by atoms with Gasteiger partial charge in [-0.1, -0.05) is 0 Å². The molecule has 2 rings (SSSR count). The molecule has 0 aromatic heterocycles. The first-order valence-electron chi connectivity index (χ1n) is 5.79. The lowest BCUT2D eigenvalue weighted by Crippen LogP contribution is -2.33. The third-order valence-electron chi connectivity index (χ3n) is 3.46. The van der Waals surface area contributed by atoms with E-state index in [1.807, 2.05) is 20.2 Å². The molecule has 0 bridgehead atoms. The van der Waals surface area contributed by atoms with Crippen molar-refractivity contribution >= 4 is 5.69 Å². The number of benzene rings is 1. The molecule has 1 unspecified atom stereocenters. The third kappa shape index (κ3) is 1.87. The first-order chi connectivity index (χ1) is 7.53. The molecule has 16 heavy (non-hydrogen) atoms. The maximum atomic E-state index is 9.98. The molecule has 0 spiro atoms. The van der Waals surface area contributed by atoms with Crippen LogP contribution in [0.1, 0.15) is 25.3 Å². The number of aromatic hydroxyl groups is 1. The molecule has 1 atom stereocenters. The SMILES string of the molecule is CN(C)c1ccc(O)c(C2(C)CCCN2)c1. The fourth-order valence-corrected chi connectivity index (χ4v) is 2.37. The molecule has 0 saturated carbocycles. The third-order valence-corrected chi connectivity index (χ3v) is 3.46. The molecule has 1 fully saturated rings. The Morgan fingerprint density at radius 1 is 1.38 bits per heavy atom. The number of phenols is 1. The predicted molar refractivity (Wildman–Crippen MR) is 67.0 cm³/mol. The average Bonchev–Trinajstić information content (AvgIpc) is 2.66. The topological polar surface area (TPSA) is 35.5 Å². The molecule has 1 aromatic carbocycles. The minimum absolute atomic E-state index is 0.0733. The van der Waals surface area contributed by atoms with Crippen molar-refractivity contribution in [1.82, 2.24) is 5.32 Å². The Morgan fingerprint density at radius 2 is 2.12 bits per heavy atom. The summed E-state index contributed by atoms with van der Waals surface area (Å²) in [5, 5.41) is 13.5. The van der Waals surface area contributed by atoms with Crippen LogP contribution in [0.15, 0.2) is 18.2 Å². The maximum absolute atomic E-state index is 9.98. The van der Waals surface area contributed by atoms with Gasteiger partial charge in [-0.3, -0.25) is 0 Å². The van der Waals surface area contributed by atoms with E-state index in [1.165, 1.54) is 6.42 Å². The van der Waals surface area contributed by atoms with E-state index in [0.717, 1.165) is 24.2 Å². The Hall–Kier alpha value is -1.22. The van der Waals surface area contributed by atoms with Crippen LogP contribution >= 0.6 is 0 Å². The van der Waals surface area contributed by atoms with E-state index in [0.29, 0.717) is 5.75 Å². The highest BCUT2D eigenvalue weighted by molar-refractivity contribution is 5.54. The molecule has 1 aromatic rings. The number of hydrogen-bond acceptors (Lipinski definition) is 3. The van der Waals surface area contributed by atoms with Crippen molar-refractivity contribution in [2.75, 3.05) is 25.5 Å². The van der Waals surface area contributed by atoms with E-state index in [1.54, 1.807) is 6.07 Å². The highest BCUT2D eigenvalue weighted by Gasteiger charge is 2.32. The summed E-state index contributed by atoms with van der Waals surface area (Å²) in [4.78, 5) is 2.06. The molecule has 1 aliphatic heterocycles. The van der Waals surface area contributed by atoms with Crippen molar-refractivity contribution in [1.29, 1.82) is 0 Å². The van der Waals surface area contributed by atoms with E-state index in [9.17, 15) is 5.11 Å². The lowest BCUT2D eigenvalue weighted by Gasteiger charge is -2.27. The Balaban J connectivity index is 2.42. The molecule has 0 aliphatic carbocycles. The standard InChI is InChI=1S/C13H20N2O/c1-13(7-4-8-14-13)11-9-10(15(2)3)5-6-12(11)16/h5-6,9,14,16H,4,7-8H2,1-3H3. The van der Waals surface area contributed by atoms with Gasteiger partial charge in [-0.05, 0) is 44.5 Å². The van der Waals surface area contributed by atoms with Crippen LogP contribution in [0.25, 0.3) is 0 Å². The first kappa shape index (κ1) is 11.3. The summed E-state index contributed by atoms with van der Waals surface area (Å²) < 4.78 is 0. The molecule has 1 saturated heterocycles. The lowest BCUT2D eigenvalue weighted by atomic mass is 9.89. The molecule has 1 heterocycles. The van der Waals surface area contributed by atoms with Gasteiger partial charge in [-0.2, -0.15) is 0 Å². The van der Waals surface area contributed by atoms with Gasteiger partial charge < -0.3 is 15.3 Å². The van der Waals surface area contributed by atoms with Crippen LogP contribution in [0.2, 0.25) is 0 Å². The van der Waals surface area contributed by atoms with Gasteiger partial charge in [0.2, 0.25) is 0 Å². The lowest BCUT2D eigenvalue weighted by molar-refractivity contribution is 0.394. The predicted octanol–water partition coefficient (Wildman–Crippen LogP) is 2.06. The summed E-state index contributed by atoms with van der Waals surface area (Å²) in [5.41, 5.74) is 2.06. The average molecular weight is 220 g/mol. The number of nitrogens with one attached hydrogen (secondary N) is 1. The molecule has 0 amide bonds. The minimum atomic E-state index is -0.0733. The second-order valence-electron chi connectivity index (χ2n) is 4.96. The van der Waals surface area contributed by atoms with Crippen LogP contribution in [0, 0.1) is 0 Å². The first-order valence-corrected chi connectivity index (χ1v) is 5.79. The van der Waals surface area contributed by atoms with E-state index in [2.05, 4.69) is 23.2 Å². The molecule has 88 valence electrons. The zero-order valence-corrected chi connectivity index (χ0v) is 10.2. The monoisotopic (exact) mass is 220 g/mol. The fraction of sp³-hybridized carbons (Fsp3) is 0.538. The van der Waals surface area contributed by atoms with Crippen LogP contribution in [-0.2, 0) is 5.54 Å². The van der Waals surface area contributed by atoms with Crippen molar-refractivity contribution in [2.45, 2.75) is 25.3 Å². The van der Waals surface area contributed by atoms with E-state index in [4.69, 9.17) is 0 Å². The molecule has 3 nitrogen and oxygen atoms in total. The summed E-state index contributed by atoms with van der Waals surface area (Å²) in [6.45, 7) is 3.19. The molecule has 2 N–H and O–H groups in total. The second kappa shape index (κ2) is 3.98. The number of nitrogens with zero attached hydrogens (tertiary/aromatic N) is 1. The summed E-state index contributed by atoms with van der Waals surface area (Å²) in [7, 11) is 4.03. The van der Waals surface area contributed by atoms with Gasteiger partial charge in [-0.25, -0.2) is 0 Å². The summed E-state index contributed by atoms with van der Waals surface area (Å²) in [6, 6.07) is 5.81. The molecular formula is C13H20N2O. The van der Waals surface area contributed by atoms with Crippen LogP contribution in [0.3, 0.4) is 0 Å². The highest BCUT2D eigenvalue weighted by Crippen LogP contribution is 2.37. The number of hydrogen-bond donors (Lipinski definition) is 2. The van der Waals surface area contributed by atoms with Crippen LogP contribution in [0.4, 0.5) is 5.69 Å². The summed E-state index contributed by atoms with van der Waals surface area (Å²) in [6.07, 6.45) is 2.25. The van der Waals surface area contributed by atoms with Crippen molar-refractivity contribution in [2.24, 2.45) is 0 Å². The maximum Gasteiger partial charge on any atom is 0.120 e. The van der Waals surface area contributed by atoms with Gasteiger partial charge in [0, 0.05) is 30.9 Å². The van der Waals surface area contributed by atoms with Crippen LogP contribution in [0.5, 0.6) is 5.75 Å². The summed E-state index contributed by atoms with van der Waals surface area (Å²) >= 11 is 0. The van der Waals surface area contributed by atoms with Crippen molar-refractivity contribution in [3.8, 4) is 5.75 Å². The van der Waals surface area contributed by atoms with Crippen molar-refractivity contribution < 1.29 is 5.11 Å². The molecule has 0 radical (unpaired) electrons. The smallest absolute Gasteiger partial charge is 0.120 e. The van der Waals surface area contributed by atoms with Gasteiger partial charge in [-0.15, -0.1) is 0 Å². The zero-order valence-electron chi connectivity index (χ0n) is 10.2. The summed E-state index contributed by atoms with van der Waals surface area (Å²) in [5.74, 6) is 0.391. The van der Waals surface area contributed by atoms with Gasteiger partial charge >= 0.3 is 0 Å². The van der Waals surface area contributed by atoms with Gasteiger partial charge in [0.05, 0.1) is 0 Å². The highest BCUT2D eigenvalue weighted by atomic mass is 16.3. The number of phenolic OH excluding ortho intramolecular Hbond substituents is 1. The molecular weight excluding hydrogens is 200 g/mol. The molecule has 3 heteroatoms. The second-order valence-corrected chi connectivity index (χ2v) is 4.96. The van der Waals surface area contributed by atoms with E-state index < -0.39 is 0 Å². The van der Waals surface area contributed by atoms with Crippen LogP contribution in [-0.4, -0.2) is 25.7 Å². The fourth-order valence-electron chi connectivity index (χ4n) is 2.37. The van der Waals surface area contributed by atoms with E-state index in [-0.39, 0.29) is 5.54 Å². The number of rotatable bonds is 2. The quantitative estimate of drug-likeness (QED) is 0.800. The zero-order chi connectivity index (χ0) is 11.8. The molecule has 1 aliphatic rings. The Morgan fingerprint density at radius 3 is 2.69 bits per heavy atom. The minimum Gasteiger partial charge on any atom is -0.508 e. The Bertz CT molecular complexity index is 382. The van der Waals surface area contributed by atoms with Crippen molar-refractivity contribution in [3.63, 3.8) is 0 Å². The van der Waals surface area contributed by atoms with Gasteiger partial charge in [0.1, 0.15) is 5.75 Å². The van der Waals surface area contributed by atoms with E-state index >= 15 is 0 Å².